The first-order chi connectivity index (χ1) is 12.5. The highest BCUT2D eigenvalue weighted by molar-refractivity contribution is 7.88. The zero-order valence-corrected chi connectivity index (χ0v) is 16.1. The fraction of sp³-hybridized carbons (Fsp3) is 0.650. The molecule has 26 heavy (non-hydrogen) atoms. The van der Waals surface area contributed by atoms with Crippen LogP contribution < -0.4 is 0 Å². The highest BCUT2D eigenvalue weighted by atomic mass is 32.2. The second-order valence-electron chi connectivity index (χ2n) is 8.24. The Morgan fingerprint density at radius 3 is 2.38 bits per heavy atom. The van der Waals surface area contributed by atoms with Gasteiger partial charge in [0.1, 0.15) is 0 Å². The van der Waals surface area contributed by atoms with E-state index in [4.69, 9.17) is 0 Å². The Morgan fingerprint density at radius 1 is 1.04 bits per heavy atom. The Morgan fingerprint density at radius 2 is 1.73 bits per heavy atom. The molecule has 6 heteroatoms. The van der Waals surface area contributed by atoms with Crippen molar-refractivity contribution in [3.63, 3.8) is 0 Å². The molecule has 3 aliphatic rings. The molecule has 3 fully saturated rings. The van der Waals surface area contributed by atoms with Crippen molar-refractivity contribution in [1.82, 2.24) is 9.21 Å². The second kappa shape index (κ2) is 6.97. The van der Waals surface area contributed by atoms with E-state index in [9.17, 15) is 13.2 Å². The van der Waals surface area contributed by atoms with Gasteiger partial charge < -0.3 is 4.90 Å². The van der Waals surface area contributed by atoms with E-state index in [2.05, 4.69) is 4.90 Å². The van der Waals surface area contributed by atoms with Gasteiger partial charge in [0.05, 0.1) is 17.8 Å². The molecular formula is C20H28N2O3S. The van der Waals surface area contributed by atoms with E-state index in [0.717, 1.165) is 37.8 Å². The van der Waals surface area contributed by atoms with E-state index in [-0.39, 0.29) is 23.7 Å². The molecule has 1 aliphatic heterocycles. The lowest BCUT2D eigenvalue weighted by molar-refractivity contribution is -0.146. The molecule has 0 aromatic heterocycles. The zero-order chi connectivity index (χ0) is 18.2. The average Bonchev–Trinajstić information content (AvgIpc) is 3.44. The van der Waals surface area contributed by atoms with Gasteiger partial charge in [-0.1, -0.05) is 49.6 Å². The van der Waals surface area contributed by atoms with Gasteiger partial charge in [0.2, 0.25) is 15.9 Å². The number of amides is 1. The van der Waals surface area contributed by atoms with Gasteiger partial charge in [0.15, 0.2) is 0 Å². The van der Waals surface area contributed by atoms with E-state index in [1.807, 2.05) is 30.3 Å². The molecule has 5 nitrogen and oxygen atoms in total. The van der Waals surface area contributed by atoms with Gasteiger partial charge >= 0.3 is 0 Å². The summed E-state index contributed by atoms with van der Waals surface area (Å²) >= 11 is 0. The molecule has 0 radical (unpaired) electrons. The minimum absolute atomic E-state index is 0.00156. The van der Waals surface area contributed by atoms with E-state index < -0.39 is 10.0 Å². The van der Waals surface area contributed by atoms with Crippen LogP contribution in [0, 0.1) is 5.92 Å². The third kappa shape index (κ3) is 3.67. The quantitative estimate of drug-likeness (QED) is 0.794. The average molecular weight is 377 g/mol. The van der Waals surface area contributed by atoms with Crippen molar-refractivity contribution in [1.29, 1.82) is 0 Å². The Labute approximate surface area is 156 Å². The highest BCUT2D eigenvalue weighted by Crippen LogP contribution is 2.41. The van der Waals surface area contributed by atoms with Crippen molar-refractivity contribution in [2.24, 2.45) is 5.92 Å². The third-order valence-electron chi connectivity index (χ3n) is 6.16. The number of piperazine rings is 1. The normalized spacial score (nSPS) is 24.2. The largest absolute Gasteiger partial charge is 0.334 e. The lowest BCUT2D eigenvalue weighted by Gasteiger charge is -2.52. The first-order valence-electron chi connectivity index (χ1n) is 9.81. The van der Waals surface area contributed by atoms with Crippen LogP contribution in [-0.2, 0) is 20.6 Å². The maximum Gasteiger partial charge on any atom is 0.238 e. The number of carbonyl (C=O) groups is 1. The summed E-state index contributed by atoms with van der Waals surface area (Å²) in [6, 6.07) is 9.25. The maximum absolute atomic E-state index is 13.0. The van der Waals surface area contributed by atoms with Crippen molar-refractivity contribution in [3.05, 3.63) is 35.9 Å². The van der Waals surface area contributed by atoms with Gasteiger partial charge in [-0.3, -0.25) is 4.79 Å². The minimum Gasteiger partial charge on any atom is -0.334 e. The van der Waals surface area contributed by atoms with Crippen molar-refractivity contribution in [2.75, 3.05) is 19.6 Å². The Kier molecular flexibility index (Phi) is 4.82. The van der Waals surface area contributed by atoms with Gasteiger partial charge in [-0.25, -0.2) is 8.42 Å². The molecule has 1 spiro atoms. The monoisotopic (exact) mass is 376 g/mol. The summed E-state index contributed by atoms with van der Waals surface area (Å²) < 4.78 is 27.5. The molecule has 1 aromatic carbocycles. The third-order valence-corrected chi connectivity index (χ3v) is 7.91. The van der Waals surface area contributed by atoms with Gasteiger partial charge in [-0.2, -0.15) is 4.31 Å². The van der Waals surface area contributed by atoms with Gasteiger partial charge in [-0.15, -0.1) is 0 Å². The molecule has 0 atom stereocenters. The van der Waals surface area contributed by atoms with Crippen LogP contribution in [0.2, 0.25) is 0 Å². The van der Waals surface area contributed by atoms with Gasteiger partial charge in [-0.05, 0) is 37.2 Å². The number of benzene rings is 1. The summed E-state index contributed by atoms with van der Waals surface area (Å²) in [5.41, 5.74) is 0.498. The molecule has 1 amide bonds. The number of hydrogen-bond donors (Lipinski definition) is 0. The molecule has 1 heterocycles. The van der Waals surface area contributed by atoms with Crippen LogP contribution in [0.5, 0.6) is 0 Å². The Balaban J connectivity index is 1.57. The van der Waals surface area contributed by atoms with Crippen molar-refractivity contribution in [2.45, 2.75) is 56.2 Å². The molecule has 0 bridgehead atoms. The molecule has 2 aliphatic carbocycles. The lowest BCUT2D eigenvalue weighted by atomic mass is 9.78. The summed E-state index contributed by atoms with van der Waals surface area (Å²) in [5.74, 6) is 0.603. The first-order valence-corrected chi connectivity index (χ1v) is 11.4. The molecule has 1 saturated heterocycles. The lowest BCUT2D eigenvalue weighted by Crippen LogP contribution is -2.66. The number of carbonyl (C=O) groups excluding carboxylic acids is 1. The number of rotatable bonds is 5. The SMILES string of the molecule is O=C1CN(S(=O)(=O)Cc2ccccc2)CC2(CCCCC2)N1CC1CC1. The maximum atomic E-state index is 13.0. The second-order valence-corrected chi connectivity index (χ2v) is 10.2. The van der Waals surface area contributed by atoms with E-state index in [1.54, 1.807) is 0 Å². The molecule has 0 N–H and O–H groups in total. The van der Waals surface area contributed by atoms with Crippen LogP contribution in [0.4, 0.5) is 0 Å². The smallest absolute Gasteiger partial charge is 0.238 e. The summed E-state index contributed by atoms with van der Waals surface area (Å²) in [6.07, 6.45) is 7.63. The first kappa shape index (κ1) is 18.0. The van der Waals surface area contributed by atoms with Crippen LogP contribution in [0.3, 0.4) is 0 Å². The van der Waals surface area contributed by atoms with E-state index in [1.165, 1.54) is 23.6 Å². The van der Waals surface area contributed by atoms with Crippen molar-refractivity contribution in [3.8, 4) is 0 Å². The summed E-state index contributed by atoms with van der Waals surface area (Å²) in [4.78, 5) is 15.0. The predicted octanol–water partition coefficient (Wildman–Crippen LogP) is 2.77. The standard InChI is InChI=1S/C20H28N2O3S/c23-19-14-21(26(24,25)15-18-7-3-1-4-8-18)16-20(11-5-2-6-12-20)22(19)13-17-9-10-17/h1,3-4,7-8,17H,2,5-6,9-16H2. The molecule has 2 saturated carbocycles. The number of hydrogen-bond acceptors (Lipinski definition) is 3. The zero-order valence-electron chi connectivity index (χ0n) is 15.3. The summed E-state index contributed by atoms with van der Waals surface area (Å²) in [5, 5.41) is 0. The Hall–Kier alpha value is -1.40. The van der Waals surface area contributed by atoms with Crippen LogP contribution in [0.15, 0.2) is 30.3 Å². The van der Waals surface area contributed by atoms with E-state index >= 15 is 0 Å². The van der Waals surface area contributed by atoms with Crippen molar-refractivity contribution >= 4 is 15.9 Å². The van der Waals surface area contributed by atoms with Crippen LogP contribution in [-0.4, -0.2) is 48.7 Å². The minimum atomic E-state index is -3.50. The van der Waals surface area contributed by atoms with Crippen molar-refractivity contribution < 1.29 is 13.2 Å². The Bertz CT molecular complexity index is 753. The topological polar surface area (TPSA) is 57.7 Å². The summed E-state index contributed by atoms with van der Waals surface area (Å²) in [6.45, 7) is 1.30. The molecular weight excluding hydrogens is 348 g/mol. The summed E-state index contributed by atoms with van der Waals surface area (Å²) in [7, 11) is -3.50. The molecule has 142 valence electrons. The molecule has 1 aromatic rings. The van der Waals surface area contributed by atoms with Crippen LogP contribution in [0.25, 0.3) is 0 Å². The predicted molar refractivity (Wildman–Crippen MR) is 101 cm³/mol. The van der Waals surface area contributed by atoms with Crippen LogP contribution >= 0.6 is 0 Å². The molecule has 0 unspecified atom stereocenters. The van der Waals surface area contributed by atoms with E-state index in [0.29, 0.717) is 12.5 Å². The van der Waals surface area contributed by atoms with Gasteiger partial charge in [0, 0.05) is 13.1 Å². The van der Waals surface area contributed by atoms with Crippen LogP contribution in [0.1, 0.15) is 50.5 Å². The number of nitrogens with zero attached hydrogens (tertiary/aromatic N) is 2. The highest BCUT2D eigenvalue weighted by Gasteiger charge is 2.49. The fourth-order valence-corrected chi connectivity index (χ4v) is 6.08. The molecule has 4 rings (SSSR count). The fourth-order valence-electron chi connectivity index (χ4n) is 4.54. The number of sulfonamides is 1. The van der Waals surface area contributed by atoms with Gasteiger partial charge in [0.25, 0.3) is 0 Å².